The summed E-state index contributed by atoms with van der Waals surface area (Å²) in [5.41, 5.74) is 6.25. The molecule has 0 spiro atoms. The average molecular weight is 199 g/mol. The molecule has 0 aromatic carbocycles. The van der Waals surface area contributed by atoms with Gasteiger partial charge < -0.3 is 10.5 Å². The van der Waals surface area contributed by atoms with Gasteiger partial charge in [0.25, 0.3) is 0 Å². The fraction of sp³-hybridized carbons (Fsp3) is 0.444. The van der Waals surface area contributed by atoms with Gasteiger partial charge in [0.15, 0.2) is 5.78 Å². The maximum absolute atomic E-state index is 11.4. The van der Waals surface area contributed by atoms with Crippen molar-refractivity contribution in [2.75, 3.05) is 19.8 Å². The molecule has 13 heavy (non-hydrogen) atoms. The lowest BCUT2D eigenvalue weighted by Crippen LogP contribution is -2.14. The summed E-state index contributed by atoms with van der Waals surface area (Å²) in [4.78, 5) is 12.2. The van der Waals surface area contributed by atoms with Crippen molar-refractivity contribution in [3.05, 3.63) is 21.9 Å². The summed E-state index contributed by atoms with van der Waals surface area (Å²) in [5, 5.41) is 1.91. The Balaban J connectivity index is 2.45. The third kappa shape index (κ3) is 2.91. The van der Waals surface area contributed by atoms with Gasteiger partial charge >= 0.3 is 0 Å². The maximum Gasteiger partial charge on any atom is 0.198 e. The molecule has 0 radical (unpaired) electrons. The van der Waals surface area contributed by atoms with Crippen LogP contribution in [-0.2, 0) is 4.74 Å². The number of thiophene rings is 1. The normalized spacial score (nSPS) is 10.3. The maximum atomic E-state index is 11.4. The summed E-state index contributed by atoms with van der Waals surface area (Å²) >= 11 is 1.45. The topological polar surface area (TPSA) is 52.3 Å². The third-order valence-electron chi connectivity index (χ3n) is 1.61. The number of hydrogen-bond acceptors (Lipinski definition) is 4. The van der Waals surface area contributed by atoms with Crippen LogP contribution in [0.5, 0.6) is 0 Å². The molecule has 72 valence electrons. The second-order valence-electron chi connectivity index (χ2n) is 2.70. The molecule has 0 aliphatic rings. The Bertz CT molecular complexity index is 283. The van der Waals surface area contributed by atoms with Crippen LogP contribution < -0.4 is 5.73 Å². The van der Waals surface area contributed by atoms with Crippen molar-refractivity contribution in [3.8, 4) is 0 Å². The van der Waals surface area contributed by atoms with Crippen LogP contribution in [0.4, 0.5) is 0 Å². The van der Waals surface area contributed by atoms with Gasteiger partial charge in [-0.3, -0.25) is 4.79 Å². The van der Waals surface area contributed by atoms with E-state index >= 15 is 0 Å². The van der Waals surface area contributed by atoms with Gasteiger partial charge in [-0.1, -0.05) is 0 Å². The zero-order chi connectivity index (χ0) is 9.68. The molecule has 1 rings (SSSR count). The Labute approximate surface area is 81.5 Å². The molecule has 1 aromatic rings. The van der Waals surface area contributed by atoms with Gasteiger partial charge in [0.05, 0.1) is 11.5 Å². The summed E-state index contributed by atoms with van der Waals surface area (Å²) < 4.78 is 5.06. The standard InChI is InChI=1S/C9H13NO2S/c1-7-2-5-13-9(7)8(11)6-12-4-3-10/h2,5H,3-4,6,10H2,1H3. The Morgan fingerprint density at radius 2 is 2.46 bits per heavy atom. The van der Waals surface area contributed by atoms with Crippen molar-refractivity contribution in [2.45, 2.75) is 6.92 Å². The SMILES string of the molecule is Cc1ccsc1C(=O)COCCN. The molecule has 4 heteroatoms. The van der Waals surface area contributed by atoms with Gasteiger partial charge in [-0.15, -0.1) is 11.3 Å². The van der Waals surface area contributed by atoms with Crippen LogP contribution >= 0.6 is 11.3 Å². The van der Waals surface area contributed by atoms with E-state index in [1.165, 1.54) is 11.3 Å². The van der Waals surface area contributed by atoms with Crippen LogP contribution in [0.1, 0.15) is 15.2 Å². The van der Waals surface area contributed by atoms with Crippen molar-refractivity contribution >= 4 is 17.1 Å². The van der Waals surface area contributed by atoms with E-state index in [2.05, 4.69) is 0 Å². The van der Waals surface area contributed by atoms with E-state index in [0.717, 1.165) is 10.4 Å². The average Bonchev–Trinajstić information content (AvgIpc) is 2.52. The number of nitrogens with two attached hydrogens (primary N) is 1. The largest absolute Gasteiger partial charge is 0.372 e. The summed E-state index contributed by atoms with van der Waals surface area (Å²) in [6.07, 6.45) is 0. The molecule has 1 aromatic heterocycles. The molecule has 0 atom stereocenters. The smallest absolute Gasteiger partial charge is 0.198 e. The van der Waals surface area contributed by atoms with Gasteiger partial charge in [-0.2, -0.15) is 0 Å². The molecule has 0 unspecified atom stereocenters. The van der Waals surface area contributed by atoms with Crippen LogP contribution in [0.2, 0.25) is 0 Å². The summed E-state index contributed by atoms with van der Waals surface area (Å²) in [5.74, 6) is 0.0425. The monoisotopic (exact) mass is 199 g/mol. The van der Waals surface area contributed by atoms with Crippen molar-refractivity contribution < 1.29 is 9.53 Å². The molecular weight excluding hydrogens is 186 g/mol. The van der Waals surface area contributed by atoms with Crippen molar-refractivity contribution in [1.82, 2.24) is 0 Å². The Morgan fingerprint density at radius 3 is 3.00 bits per heavy atom. The number of rotatable bonds is 5. The van der Waals surface area contributed by atoms with Crippen molar-refractivity contribution in [3.63, 3.8) is 0 Å². The molecule has 0 fully saturated rings. The third-order valence-corrected chi connectivity index (χ3v) is 2.67. The van der Waals surface area contributed by atoms with Gasteiger partial charge in [0.1, 0.15) is 6.61 Å². The zero-order valence-electron chi connectivity index (χ0n) is 7.58. The number of hydrogen-bond donors (Lipinski definition) is 1. The highest BCUT2D eigenvalue weighted by molar-refractivity contribution is 7.12. The van der Waals surface area contributed by atoms with Crippen LogP contribution in [-0.4, -0.2) is 25.5 Å². The summed E-state index contributed by atoms with van der Waals surface area (Å²) in [6.45, 7) is 2.96. The minimum Gasteiger partial charge on any atom is -0.372 e. The van der Waals surface area contributed by atoms with E-state index in [1.807, 2.05) is 18.4 Å². The van der Waals surface area contributed by atoms with E-state index in [9.17, 15) is 4.79 Å². The number of carbonyl (C=O) groups excluding carboxylic acids is 1. The second-order valence-corrected chi connectivity index (χ2v) is 3.61. The Morgan fingerprint density at radius 1 is 1.69 bits per heavy atom. The lowest BCUT2D eigenvalue weighted by Gasteiger charge is -2.00. The second kappa shape index (κ2) is 5.11. The fourth-order valence-corrected chi connectivity index (χ4v) is 1.82. The van der Waals surface area contributed by atoms with Crippen LogP contribution in [0.25, 0.3) is 0 Å². The van der Waals surface area contributed by atoms with Gasteiger partial charge in [-0.05, 0) is 23.9 Å². The quantitative estimate of drug-likeness (QED) is 0.573. The van der Waals surface area contributed by atoms with Gasteiger partial charge in [-0.25, -0.2) is 0 Å². The van der Waals surface area contributed by atoms with Gasteiger partial charge in [0.2, 0.25) is 0 Å². The lowest BCUT2D eigenvalue weighted by molar-refractivity contribution is 0.0777. The number of carbonyl (C=O) groups is 1. The molecule has 0 aliphatic heterocycles. The minimum absolute atomic E-state index is 0.0425. The Kier molecular flexibility index (Phi) is 4.08. The lowest BCUT2D eigenvalue weighted by atomic mass is 10.2. The molecule has 0 saturated carbocycles. The van der Waals surface area contributed by atoms with E-state index in [-0.39, 0.29) is 12.4 Å². The van der Waals surface area contributed by atoms with Crippen LogP contribution in [0.3, 0.4) is 0 Å². The molecular formula is C9H13NO2S. The fourth-order valence-electron chi connectivity index (χ4n) is 0.972. The number of ether oxygens (including phenoxy) is 1. The van der Waals surface area contributed by atoms with Gasteiger partial charge in [0, 0.05) is 6.54 Å². The predicted octanol–water partition coefficient (Wildman–Crippen LogP) is 1.21. The van der Waals surface area contributed by atoms with E-state index in [0.29, 0.717) is 13.2 Å². The van der Waals surface area contributed by atoms with Crippen LogP contribution in [0.15, 0.2) is 11.4 Å². The molecule has 0 aliphatic carbocycles. The Hall–Kier alpha value is -0.710. The number of aryl methyl sites for hydroxylation is 1. The number of Topliss-reactive ketones (excluding diaryl/α,β-unsaturated/α-hetero) is 1. The molecule has 1 heterocycles. The predicted molar refractivity (Wildman–Crippen MR) is 53.3 cm³/mol. The van der Waals surface area contributed by atoms with Crippen molar-refractivity contribution in [1.29, 1.82) is 0 Å². The molecule has 0 amide bonds. The minimum atomic E-state index is 0.0425. The number of ketones is 1. The first kappa shape index (κ1) is 10.4. The molecule has 0 saturated heterocycles. The van der Waals surface area contributed by atoms with E-state index in [1.54, 1.807) is 0 Å². The highest BCUT2D eigenvalue weighted by Gasteiger charge is 2.09. The first-order chi connectivity index (χ1) is 6.25. The summed E-state index contributed by atoms with van der Waals surface area (Å²) in [6, 6.07) is 1.93. The van der Waals surface area contributed by atoms with E-state index in [4.69, 9.17) is 10.5 Å². The van der Waals surface area contributed by atoms with Crippen LogP contribution in [0, 0.1) is 6.92 Å². The van der Waals surface area contributed by atoms with Crippen molar-refractivity contribution in [2.24, 2.45) is 5.73 Å². The summed E-state index contributed by atoms with van der Waals surface area (Å²) in [7, 11) is 0. The molecule has 3 nitrogen and oxygen atoms in total. The first-order valence-corrected chi connectivity index (χ1v) is 4.98. The van der Waals surface area contributed by atoms with E-state index < -0.39 is 0 Å². The highest BCUT2D eigenvalue weighted by Crippen LogP contribution is 2.15. The highest BCUT2D eigenvalue weighted by atomic mass is 32.1. The molecule has 0 bridgehead atoms. The molecule has 2 N–H and O–H groups in total. The first-order valence-electron chi connectivity index (χ1n) is 4.11. The zero-order valence-corrected chi connectivity index (χ0v) is 8.39.